The number of unbranched alkanes of at least 4 members (excludes halogenated alkanes) is 5. The maximum Gasteiger partial charge on any atom is 0.104 e. The minimum atomic E-state index is -0.424. The Morgan fingerprint density at radius 3 is 1.58 bits per heavy atom. The standard InChI is InChI=1S/C23H40O3/c1-2-3-4-5-6-7-8-9-10-11-12-13-14-15-16-17-18-19-20-26-23(21-24)22-25/h6-7,9-10,12-13,15-16,23-25H,2-5,8,11,14,17-22H2,1H3. The molecule has 3 heteroatoms. The highest BCUT2D eigenvalue weighted by atomic mass is 16.5. The molecule has 0 aromatic carbocycles. The van der Waals surface area contributed by atoms with Gasteiger partial charge < -0.3 is 14.9 Å². The van der Waals surface area contributed by atoms with Crippen molar-refractivity contribution in [2.45, 2.75) is 77.2 Å². The van der Waals surface area contributed by atoms with Gasteiger partial charge in [-0.2, -0.15) is 0 Å². The fourth-order valence-corrected chi connectivity index (χ4v) is 2.34. The first kappa shape index (κ1) is 24.8. The van der Waals surface area contributed by atoms with Crippen LogP contribution in [0.5, 0.6) is 0 Å². The summed E-state index contributed by atoms with van der Waals surface area (Å²) in [6.45, 7) is 2.60. The summed E-state index contributed by atoms with van der Waals surface area (Å²) >= 11 is 0. The van der Waals surface area contributed by atoms with Gasteiger partial charge in [-0.15, -0.1) is 0 Å². The van der Waals surface area contributed by atoms with Crippen LogP contribution in [-0.4, -0.2) is 36.1 Å². The van der Waals surface area contributed by atoms with Gasteiger partial charge in [0, 0.05) is 6.61 Å². The van der Waals surface area contributed by atoms with Gasteiger partial charge in [-0.25, -0.2) is 0 Å². The first-order valence-electron chi connectivity index (χ1n) is 10.3. The summed E-state index contributed by atoms with van der Waals surface area (Å²) in [7, 11) is 0. The van der Waals surface area contributed by atoms with Crippen molar-refractivity contribution in [1.82, 2.24) is 0 Å². The van der Waals surface area contributed by atoms with Crippen LogP contribution in [0.15, 0.2) is 48.6 Å². The van der Waals surface area contributed by atoms with E-state index in [-0.39, 0.29) is 13.2 Å². The normalized spacial score (nSPS) is 12.8. The quantitative estimate of drug-likeness (QED) is 0.249. The van der Waals surface area contributed by atoms with Gasteiger partial charge in [0.25, 0.3) is 0 Å². The lowest BCUT2D eigenvalue weighted by Gasteiger charge is -2.11. The second-order valence-corrected chi connectivity index (χ2v) is 6.44. The summed E-state index contributed by atoms with van der Waals surface area (Å²) in [6, 6.07) is 0. The topological polar surface area (TPSA) is 49.7 Å². The molecule has 0 bridgehead atoms. The van der Waals surface area contributed by atoms with E-state index < -0.39 is 6.10 Å². The van der Waals surface area contributed by atoms with Crippen LogP contribution in [0, 0.1) is 0 Å². The highest BCUT2D eigenvalue weighted by molar-refractivity contribution is 4.99. The Hall–Kier alpha value is -1.16. The van der Waals surface area contributed by atoms with Crippen molar-refractivity contribution in [2.24, 2.45) is 0 Å². The molecule has 2 N–H and O–H groups in total. The molecule has 150 valence electrons. The molecule has 26 heavy (non-hydrogen) atoms. The molecule has 0 heterocycles. The Kier molecular flexibility index (Phi) is 20.9. The van der Waals surface area contributed by atoms with Crippen LogP contribution in [0.2, 0.25) is 0 Å². The molecule has 0 unspecified atom stereocenters. The Bertz CT molecular complexity index is 379. The van der Waals surface area contributed by atoms with E-state index in [0.29, 0.717) is 6.61 Å². The zero-order valence-corrected chi connectivity index (χ0v) is 16.7. The van der Waals surface area contributed by atoms with Crippen molar-refractivity contribution in [3.63, 3.8) is 0 Å². The number of hydrogen-bond acceptors (Lipinski definition) is 3. The third-order valence-electron chi connectivity index (χ3n) is 3.98. The van der Waals surface area contributed by atoms with Crippen molar-refractivity contribution in [3.05, 3.63) is 48.6 Å². The van der Waals surface area contributed by atoms with Gasteiger partial charge in [0.1, 0.15) is 6.10 Å². The highest BCUT2D eigenvalue weighted by Crippen LogP contribution is 2.02. The fourth-order valence-electron chi connectivity index (χ4n) is 2.34. The van der Waals surface area contributed by atoms with E-state index in [1.54, 1.807) is 0 Å². The molecule has 0 amide bonds. The summed E-state index contributed by atoms with van der Waals surface area (Å²) in [5, 5.41) is 17.7. The smallest absolute Gasteiger partial charge is 0.104 e. The van der Waals surface area contributed by atoms with Crippen molar-refractivity contribution in [3.8, 4) is 0 Å². The van der Waals surface area contributed by atoms with E-state index in [1.807, 2.05) is 0 Å². The number of aliphatic hydroxyl groups excluding tert-OH is 2. The van der Waals surface area contributed by atoms with E-state index in [1.165, 1.54) is 25.7 Å². The van der Waals surface area contributed by atoms with Crippen LogP contribution >= 0.6 is 0 Å². The zero-order valence-electron chi connectivity index (χ0n) is 16.7. The van der Waals surface area contributed by atoms with E-state index in [9.17, 15) is 0 Å². The molecule has 0 saturated carbocycles. The number of aliphatic hydroxyl groups is 2. The van der Waals surface area contributed by atoms with Crippen LogP contribution in [0.1, 0.15) is 71.1 Å². The molecule has 0 spiro atoms. The molecule has 0 saturated heterocycles. The van der Waals surface area contributed by atoms with E-state index in [2.05, 4.69) is 55.5 Å². The Balaban J connectivity index is 3.41. The third-order valence-corrected chi connectivity index (χ3v) is 3.98. The summed E-state index contributed by atoms with van der Waals surface area (Å²) in [5.74, 6) is 0. The second kappa shape index (κ2) is 21.9. The molecule has 0 aromatic heterocycles. The summed E-state index contributed by atoms with van der Waals surface area (Å²) in [4.78, 5) is 0. The van der Waals surface area contributed by atoms with Crippen LogP contribution in [0.3, 0.4) is 0 Å². The van der Waals surface area contributed by atoms with E-state index in [4.69, 9.17) is 14.9 Å². The molecule has 0 rings (SSSR count). The third kappa shape index (κ3) is 19.2. The van der Waals surface area contributed by atoms with Gasteiger partial charge >= 0.3 is 0 Å². The average Bonchev–Trinajstić information content (AvgIpc) is 2.66. The minimum absolute atomic E-state index is 0.117. The van der Waals surface area contributed by atoms with Crippen molar-refractivity contribution < 1.29 is 14.9 Å². The summed E-state index contributed by atoms with van der Waals surface area (Å²) in [5.41, 5.74) is 0. The van der Waals surface area contributed by atoms with E-state index in [0.717, 1.165) is 38.5 Å². The number of hydrogen-bond donors (Lipinski definition) is 2. The predicted molar refractivity (Wildman–Crippen MR) is 112 cm³/mol. The molecule has 0 fully saturated rings. The first-order chi connectivity index (χ1) is 12.8. The number of ether oxygens (including phenoxy) is 1. The molecule has 0 atom stereocenters. The van der Waals surface area contributed by atoms with Gasteiger partial charge in [0.05, 0.1) is 13.2 Å². The first-order valence-corrected chi connectivity index (χ1v) is 10.3. The monoisotopic (exact) mass is 364 g/mol. The zero-order chi connectivity index (χ0) is 19.1. The van der Waals surface area contributed by atoms with Gasteiger partial charge in [-0.1, -0.05) is 68.4 Å². The Morgan fingerprint density at radius 2 is 1.12 bits per heavy atom. The molecule has 0 radical (unpaired) electrons. The Labute approximate surface area is 161 Å². The lowest BCUT2D eigenvalue weighted by atomic mass is 10.2. The highest BCUT2D eigenvalue weighted by Gasteiger charge is 2.03. The van der Waals surface area contributed by atoms with Crippen LogP contribution in [-0.2, 0) is 4.74 Å². The van der Waals surface area contributed by atoms with Crippen molar-refractivity contribution >= 4 is 0 Å². The molecule has 3 nitrogen and oxygen atoms in total. The molecule has 0 aliphatic carbocycles. The molecule has 0 aliphatic heterocycles. The minimum Gasteiger partial charge on any atom is -0.394 e. The lowest BCUT2D eigenvalue weighted by molar-refractivity contribution is -0.0206. The van der Waals surface area contributed by atoms with Crippen molar-refractivity contribution in [1.29, 1.82) is 0 Å². The van der Waals surface area contributed by atoms with Crippen LogP contribution in [0.4, 0.5) is 0 Å². The molecule has 0 aliphatic rings. The average molecular weight is 365 g/mol. The fraction of sp³-hybridized carbons (Fsp3) is 0.652. The van der Waals surface area contributed by atoms with Gasteiger partial charge in [0.2, 0.25) is 0 Å². The molecule has 0 aromatic rings. The van der Waals surface area contributed by atoms with E-state index >= 15 is 0 Å². The molecular formula is C23H40O3. The predicted octanol–water partition coefficient (Wildman–Crippen LogP) is 5.50. The number of allylic oxidation sites excluding steroid dienone is 8. The maximum atomic E-state index is 8.87. The summed E-state index contributed by atoms with van der Waals surface area (Å²) in [6.07, 6.45) is 28.7. The SMILES string of the molecule is CCCCCC=CCC=CCC=CCC=CCCCCOC(CO)CO. The second-order valence-electron chi connectivity index (χ2n) is 6.44. The maximum absolute atomic E-state index is 8.87. The van der Waals surface area contributed by atoms with Gasteiger partial charge in [-0.05, 0) is 51.4 Å². The molecular weight excluding hydrogens is 324 g/mol. The van der Waals surface area contributed by atoms with Crippen molar-refractivity contribution in [2.75, 3.05) is 19.8 Å². The van der Waals surface area contributed by atoms with Crippen LogP contribution in [0.25, 0.3) is 0 Å². The number of rotatable bonds is 18. The van der Waals surface area contributed by atoms with Gasteiger partial charge in [0.15, 0.2) is 0 Å². The largest absolute Gasteiger partial charge is 0.394 e. The Morgan fingerprint density at radius 1 is 0.654 bits per heavy atom. The lowest BCUT2D eigenvalue weighted by Crippen LogP contribution is -2.22. The summed E-state index contributed by atoms with van der Waals surface area (Å²) < 4.78 is 5.32. The van der Waals surface area contributed by atoms with Gasteiger partial charge in [-0.3, -0.25) is 0 Å². The van der Waals surface area contributed by atoms with Crippen LogP contribution < -0.4 is 0 Å².